The first-order valence-electron chi connectivity index (χ1n) is 9.00. The number of aromatic nitrogens is 1. The Morgan fingerprint density at radius 3 is 2.86 bits per heavy atom. The molecule has 2 aromatic carbocycles. The normalized spacial score (nSPS) is 12.5. The van der Waals surface area contributed by atoms with E-state index in [0.29, 0.717) is 48.5 Å². The first-order valence-corrected chi connectivity index (χ1v) is 9.00. The molecule has 1 amide bonds. The number of ether oxygens (including phenoxy) is 3. The molecule has 3 aromatic rings. The molecule has 144 valence electrons. The zero-order valence-electron chi connectivity index (χ0n) is 15.4. The number of anilines is 1. The van der Waals surface area contributed by atoms with E-state index in [9.17, 15) is 4.79 Å². The fourth-order valence-corrected chi connectivity index (χ4v) is 2.90. The van der Waals surface area contributed by atoms with Crippen LogP contribution < -0.4 is 19.5 Å². The van der Waals surface area contributed by atoms with E-state index in [0.717, 1.165) is 11.3 Å². The van der Waals surface area contributed by atoms with Gasteiger partial charge in [0.05, 0.1) is 13.3 Å². The van der Waals surface area contributed by atoms with Crippen molar-refractivity contribution in [3.8, 4) is 28.6 Å². The molecule has 0 radical (unpaired) electrons. The van der Waals surface area contributed by atoms with Gasteiger partial charge in [0.1, 0.15) is 19.0 Å². The van der Waals surface area contributed by atoms with Crippen LogP contribution >= 0.6 is 0 Å². The first-order chi connectivity index (χ1) is 13.7. The minimum Gasteiger partial charge on any atom is -0.497 e. The molecule has 4 rings (SSSR count). The second-order valence-electron chi connectivity index (χ2n) is 6.26. The van der Waals surface area contributed by atoms with E-state index in [1.165, 1.54) is 0 Å². The van der Waals surface area contributed by atoms with E-state index in [-0.39, 0.29) is 12.3 Å². The number of aryl methyl sites for hydroxylation is 1. The summed E-state index contributed by atoms with van der Waals surface area (Å²) in [6.45, 7) is 1.04. The van der Waals surface area contributed by atoms with E-state index < -0.39 is 0 Å². The Morgan fingerprint density at radius 2 is 2.00 bits per heavy atom. The van der Waals surface area contributed by atoms with Crippen molar-refractivity contribution < 1.29 is 23.4 Å². The second kappa shape index (κ2) is 8.04. The number of hydrogen-bond donors (Lipinski definition) is 1. The van der Waals surface area contributed by atoms with Crippen molar-refractivity contribution in [1.82, 2.24) is 4.98 Å². The van der Waals surface area contributed by atoms with Crippen LogP contribution in [0.5, 0.6) is 17.2 Å². The van der Waals surface area contributed by atoms with Crippen molar-refractivity contribution >= 4 is 11.6 Å². The number of fused-ring (bicyclic) bond motifs is 1. The van der Waals surface area contributed by atoms with E-state index in [1.54, 1.807) is 31.5 Å². The van der Waals surface area contributed by atoms with Crippen LogP contribution in [0.15, 0.2) is 53.1 Å². The van der Waals surface area contributed by atoms with Crippen LogP contribution in [0.1, 0.15) is 12.3 Å². The zero-order chi connectivity index (χ0) is 19.3. The lowest BCUT2D eigenvalue weighted by molar-refractivity contribution is -0.116. The van der Waals surface area contributed by atoms with Crippen LogP contribution in [0.25, 0.3) is 11.3 Å². The number of carbonyl (C=O) groups is 1. The Hall–Kier alpha value is -3.48. The third-order valence-corrected chi connectivity index (χ3v) is 4.30. The van der Waals surface area contributed by atoms with Crippen LogP contribution in [0.4, 0.5) is 5.69 Å². The number of methoxy groups -OCH3 is 1. The van der Waals surface area contributed by atoms with Crippen molar-refractivity contribution in [3.63, 3.8) is 0 Å². The summed E-state index contributed by atoms with van der Waals surface area (Å²) < 4.78 is 22.0. The number of amides is 1. The summed E-state index contributed by atoms with van der Waals surface area (Å²) in [5.74, 6) is 3.09. The molecular weight excluding hydrogens is 360 g/mol. The molecule has 0 saturated carbocycles. The number of nitrogens with zero attached hydrogens (tertiary/aromatic N) is 1. The van der Waals surface area contributed by atoms with Gasteiger partial charge >= 0.3 is 0 Å². The van der Waals surface area contributed by atoms with E-state index >= 15 is 0 Å². The molecule has 1 N–H and O–H groups in total. The standard InChI is InChI=1S/C21H20N2O5/c1-25-16-4-2-3-14(11-16)19-13-22-21(28-19)8-7-20(24)23-15-5-6-17-18(12-15)27-10-9-26-17/h2-6,11-13H,7-10H2,1H3,(H,23,24). The number of benzene rings is 2. The van der Waals surface area contributed by atoms with Crippen molar-refractivity contribution in [2.24, 2.45) is 0 Å². The second-order valence-corrected chi connectivity index (χ2v) is 6.26. The molecule has 0 bridgehead atoms. The number of nitrogens with one attached hydrogen (secondary N) is 1. The van der Waals surface area contributed by atoms with Gasteiger partial charge in [0.25, 0.3) is 0 Å². The quantitative estimate of drug-likeness (QED) is 0.702. The molecule has 0 saturated heterocycles. The monoisotopic (exact) mass is 380 g/mol. The van der Waals surface area contributed by atoms with Crippen molar-refractivity contribution in [2.75, 3.05) is 25.6 Å². The lowest BCUT2D eigenvalue weighted by atomic mass is 10.2. The molecule has 1 aliphatic heterocycles. The molecule has 0 unspecified atom stereocenters. The number of hydrogen-bond acceptors (Lipinski definition) is 6. The topological polar surface area (TPSA) is 82.8 Å². The Balaban J connectivity index is 1.34. The molecule has 1 aromatic heterocycles. The van der Waals surface area contributed by atoms with Gasteiger partial charge in [-0.1, -0.05) is 12.1 Å². The highest BCUT2D eigenvalue weighted by Crippen LogP contribution is 2.32. The van der Waals surface area contributed by atoms with Gasteiger partial charge in [0.15, 0.2) is 23.1 Å². The van der Waals surface area contributed by atoms with Crippen LogP contribution in [-0.2, 0) is 11.2 Å². The molecule has 28 heavy (non-hydrogen) atoms. The summed E-state index contributed by atoms with van der Waals surface area (Å²) >= 11 is 0. The van der Waals surface area contributed by atoms with Crippen molar-refractivity contribution in [2.45, 2.75) is 12.8 Å². The van der Waals surface area contributed by atoms with Gasteiger partial charge in [-0.25, -0.2) is 4.98 Å². The molecular formula is C21H20N2O5. The summed E-state index contributed by atoms with van der Waals surface area (Å²) in [6, 6.07) is 12.9. The predicted molar refractivity (Wildman–Crippen MR) is 103 cm³/mol. The summed E-state index contributed by atoms with van der Waals surface area (Å²) in [7, 11) is 1.62. The van der Waals surface area contributed by atoms with E-state index in [2.05, 4.69) is 10.3 Å². The van der Waals surface area contributed by atoms with Crippen molar-refractivity contribution in [3.05, 3.63) is 54.6 Å². The molecule has 7 nitrogen and oxygen atoms in total. The fraction of sp³-hybridized carbons (Fsp3) is 0.238. The van der Waals surface area contributed by atoms with Gasteiger partial charge in [-0.3, -0.25) is 4.79 Å². The third kappa shape index (κ3) is 4.09. The lowest BCUT2D eigenvalue weighted by Crippen LogP contribution is -2.16. The van der Waals surface area contributed by atoms with Crippen molar-refractivity contribution in [1.29, 1.82) is 0 Å². The van der Waals surface area contributed by atoms with Crippen LogP contribution in [0.2, 0.25) is 0 Å². The maximum Gasteiger partial charge on any atom is 0.224 e. The fourth-order valence-electron chi connectivity index (χ4n) is 2.90. The Morgan fingerprint density at radius 1 is 1.14 bits per heavy atom. The van der Waals surface area contributed by atoms with Gasteiger partial charge in [-0.05, 0) is 24.3 Å². The summed E-state index contributed by atoms with van der Waals surface area (Å²) in [5.41, 5.74) is 1.54. The van der Waals surface area contributed by atoms with E-state index in [4.69, 9.17) is 18.6 Å². The lowest BCUT2D eigenvalue weighted by Gasteiger charge is -2.18. The molecule has 0 aliphatic carbocycles. The number of oxazole rings is 1. The molecule has 1 aliphatic rings. The maximum absolute atomic E-state index is 12.2. The first kappa shape index (κ1) is 17.9. The van der Waals surface area contributed by atoms with Gasteiger partial charge in [-0.15, -0.1) is 0 Å². The largest absolute Gasteiger partial charge is 0.497 e. The average Bonchev–Trinajstić information content (AvgIpc) is 3.21. The highest BCUT2D eigenvalue weighted by Gasteiger charge is 2.14. The maximum atomic E-state index is 12.2. The molecule has 2 heterocycles. The Kier molecular flexibility index (Phi) is 5.14. The minimum absolute atomic E-state index is 0.127. The van der Waals surface area contributed by atoms with Gasteiger partial charge < -0.3 is 23.9 Å². The van der Waals surface area contributed by atoms with E-state index in [1.807, 2.05) is 24.3 Å². The SMILES string of the molecule is COc1cccc(-c2cnc(CCC(=O)Nc3ccc4c(c3)OCCO4)o2)c1. The van der Waals surface area contributed by atoms with Gasteiger partial charge in [0.2, 0.25) is 5.91 Å². The number of carbonyl (C=O) groups excluding carboxylic acids is 1. The summed E-state index contributed by atoms with van der Waals surface area (Å²) in [4.78, 5) is 16.5. The van der Waals surface area contributed by atoms with Crippen LogP contribution in [0.3, 0.4) is 0 Å². The highest BCUT2D eigenvalue weighted by molar-refractivity contribution is 5.91. The minimum atomic E-state index is -0.127. The smallest absolute Gasteiger partial charge is 0.224 e. The zero-order valence-corrected chi connectivity index (χ0v) is 15.4. The van der Waals surface area contributed by atoms with Crippen LogP contribution in [-0.4, -0.2) is 31.2 Å². The molecule has 0 fully saturated rings. The summed E-state index contributed by atoms with van der Waals surface area (Å²) in [5, 5.41) is 2.86. The number of rotatable bonds is 6. The van der Waals surface area contributed by atoms with Gasteiger partial charge in [-0.2, -0.15) is 0 Å². The summed E-state index contributed by atoms with van der Waals surface area (Å²) in [6.07, 6.45) is 2.32. The predicted octanol–water partition coefficient (Wildman–Crippen LogP) is 3.69. The van der Waals surface area contributed by atoms with Crippen LogP contribution in [0, 0.1) is 0 Å². The molecule has 0 atom stereocenters. The molecule has 7 heteroatoms. The Labute approximate surface area is 162 Å². The van der Waals surface area contributed by atoms with Gasteiger partial charge in [0, 0.05) is 30.2 Å². The molecule has 0 spiro atoms. The Bertz CT molecular complexity index is 982. The third-order valence-electron chi connectivity index (χ3n) is 4.30. The highest BCUT2D eigenvalue weighted by atomic mass is 16.6. The average molecular weight is 380 g/mol.